The number of rotatable bonds is 11. The number of fused-ring (bicyclic) bond motifs is 2. The molecule has 2 N–H and O–H groups in total. The SMILES string of the molecule is CC(/C=C/c1sc2ccc(Cl)cc2c1CCCS(=O)(=O)O)=C\C=C1/Sc2ccc(Cl)cc2N1CCCS(=O)(=O)O. The van der Waals surface area contributed by atoms with Gasteiger partial charge in [-0.2, -0.15) is 16.8 Å². The minimum Gasteiger partial charge on any atom is -0.335 e. The monoisotopic (exact) mass is 659 g/mol. The van der Waals surface area contributed by atoms with Crippen molar-refractivity contribution in [2.45, 2.75) is 31.1 Å². The number of aryl methyl sites for hydroxylation is 1. The number of anilines is 1. The van der Waals surface area contributed by atoms with E-state index in [-0.39, 0.29) is 24.3 Å². The van der Waals surface area contributed by atoms with Crippen LogP contribution < -0.4 is 4.90 Å². The van der Waals surface area contributed by atoms with Crippen molar-refractivity contribution in [3.8, 4) is 0 Å². The number of halogens is 2. The summed E-state index contributed by atoms with van der Waals surface area (Å²) in [6.07, 6.45) is 8.90. The van der Waals surface area contributed by atoms with Gasteiger partial charge in [0.25, 0.3) is 20.2 Å². The second-order valence-corrected chi connectivity index (χ2v) is 15.4. The highest BCUT2D eigenvalue weighted by atomic mass is 35.5. The molecule has 1 aliphatic rings. The minimum absolute atomic E-state index is 0.252. The van der Waals surface area contributed by atoms with Crippen LogP contribution in [0.1, 0.15) is 30.2 Å². The summed E-state index contributed by atoms with van der Waals surface area (Å²) in [5.74, 6) is -0.644. The predicted molar refractivity (Wildman–Crippen MR) is 168 cm³/mol. The molecular formula is C27H27Cl2NO6S4. The number of thioether (sulfide) groups is 1. The van der Waals surface area contributed by atoms with Gasteiger partial charge in [-0.05, 0) is 85.7 Å². The van der Waals surface area contributed by atoms with Gasteiger partial charge in [0.15, 0.2) is 0 Å². The third-order valence-corrected chi connectivity index (χ3v) is 10.5. The second kappa shape index (κ2) is 13.0. The van der Waals surface area contributed by atoms with Crippen LogP contribution >= 0.6 is 46.3 Å². The molecule has 4 rings (SSSR count). The zero-order valence-corrected chi connectivity index (χ0v) is 26.2. The van der Waals surface area contributed by atoms with Crippen LogP contribution in [0.15, 0.2) is 70.1 Å². The molecule has 0 spiro atoms. The number of benzene rings is 2. The number of thiophene rings is 1. The lowest BCUT2D eigenvalue weighted by Crippen LogP contribution is -2.21. The van der Waals surface area contributed by atoms with Gasteiger partial charge < -0.3 is 4.90 Å². The predicted octanol–water partition coefficient (Wildman–Crippen LogP) is 7.72. The fraction of sp³-hybridized carbons (Fsp3) is 0.259. The molecule has 0 radical (unpaired) electrons. The summed E-state index contributed by atoms with van der Waals surface area (Å²) < 4.78 is 64.2. The quantitative estimate of drug-likeness (QED) is 0.159. The molecule has 0 aliphatic carbocycles. The lowest BCUT2D eigenvalue weighted by Gasteiger charge is -2.20. The summed E-state index contributed by atoms with van der Waals surface area (Å²) in [4.78, 5) is 3.98. The molecule has 0 fully saturated rings. The Balaban J connectivity index is 1.57. The number of allylic oxidation sites excluding steroid dienone is 4. The normalized spacial score (nSPS) is 15.6. The number of nitrogens with zero attached hydrogens (tertiary/aromatic N) is 1. The molecule has 2 heterocycles. The minimum atomic E-state index is -4.06. The zero-order valence-electron chi connectivity index (χ0n) is 21.4. The van der Waals surface area contributed by atoms with Gasteiger partial charge in [0.1, 0.15) is 0 Å². The number of hydrogen-bond acceptors (Lipinski definition) is 7. The topological polar surface area (TPSA) is 112 Å². The van der Waals surface area contributed by atoms with E-state index in [0.717, 1.165) is 41.7 Å². The fourth-order valence-electron chi connectivity index (χ4n) is 4.26. The average Bonchev–Trinajstić information content (AvgIpc) is 3.37. The summed E-state index contributed by atoms with van der Waals surface area (Å²) in [6.45, 7) is 2.36. The molecule has 0 amide bonds. The Morgan fingerprint density at radius 3 is 2.38 bits per heavy atom. The van der Waals surface area contributed by atoms with Gasteiger partial charge in [0.2, 0.25) is 0 Å². The van der Waals surface area contributed by atoms with Crippen LogP contribution in [0, 0.1) is 0 Å². The van der Waals surface area contributed by atoms with E-state index in [2.05, 4.69) is 0 Å². The molecule has 0 bridgehead atoms. The van der Waals surface area contributed by atoms with Crippen molar-refractivity contribution in [1.82, 2.24) is 0 Å². The van der Waals surface area contributed by atoms with Gasteiger partial charge in [-0.1, -0.05) is 52.7 Å². The van der Waals surface area contributed by atoms with E-state index < -0.39 is 20.2 Å². The summed E-state index contributed by atoms with van der Waals surface area (Å²) in [5.41, 5.74) is 2.83. The van der Waals surface area contributed by atoms with Crippen molar-refractivity contribution < 1.29 is 25.9 Å². The van der Waals surface area contributed by atoms with E-state index in [0.29, 0.717) is 23.0 Å². The average molecular weight is 661 g/mol. The van der Waals surface area contributed by atoms with Crippen LogP contribution in [-0.4, -0.2) is 44.0 Å². The Labute approximate surface area is 252 Å². The second-order valence-electron chi connectivity index (χ2n) is 9.23. The summed E-state index contributed by atoms with van der Waals surface area (Å²) in [5, 5.41) is 3.04. The van der Waals surface area contributed by atoms with E-state index in [1.807, 2.05) is 72.5 Å². The third-order valence-electron chi connectivity index (χ3n) is 6.08. The Morgan fingerprint density at radius 1 is 0.975 bits per heavy atom. The Bertz CT molecular complexity index is 1730. The maximum atomic E-state index is 11.2. The molecule has 0 unspecified atom stereocenters. The summed E-state index contributed by atoms with van der Waals surface area (Å²) >= 11 is 15.6. The molecule has 1 aromatic heterocycles. The Morgan fingerprint density at radius 2 is 1.65 bits per heavy atom. The first-order valence-corrected chi connectivity index (χ1v) is 17.8. The lowest BCUT2D eigenvalue weighted by molar-refractivity contribution is 0.479. The van der Waals surface area contributed by atoms with Gasteiger partial charge in [-0.15, -0.1) is 11.3 Å². The van der Waals surface area contributed by atoms with Crippen LogP contribution in [0.3, 0.4) is 0 Å². The van der Waals surface area contributed by atoms with Crippen LogP contribution in [0.25, 0.3) is 16.2 Å². The highest BCUT2D eigenvalue weighted by molar-refractivity contribution is 8.03. The molecular weight excluding hydrogens is 633 g/mol. The molecule has 1 aliphatic heterocycles. The molecule has 7 nitrogen and oxygen atoms in total. The number of hydrogen-bond donors (Lipinski definition) is 2. The van der Waals surface area contributed by atoms with Gasteiger partial charge in [0, 0.05) is 31.1 Å². The standard InChI is InChI=1S/C27H27Cl2NO6S4/c1-18(5-9-24-21(4-2-14-39(31,32)33)22-16-19(28)7-10-25(22)37-24)6-12-27-30(13-3-15-40(34,35)36)23-17-20(29)8-11-26(23)38-27/h5-12,16-17H,2-4,13-15H2,1H3,(H,31,32,33)(H,34,35,36)/b9-5+,18-6+,27-12-. The van der Waals surface area contributed by atoms with E-state index >= 15 is 0 Å². The van der Waals surface area contributed by atoms with Crippen LogP contribution in [0.5, 0.6) is 0 Å². The molecule has 0 atom stereocenters. The van der Waals surface area contributed by atoms with E-state index in [4.69, 9.17) is 32.3 Å². The molecule has 40 heavy (non-hydrogen) atoms. The molecule has 3 aromatic rings. The largest absolute Gasteiger partial charge is 0.335 e. The van der Waals surface area contributed by atoms with Crippen LogP contribution in [0.2, 0.25) is 10.0 Å². The fourth-order valence-corrected chi connectivity index (χ4v) is 7.81. The molecule has 0 saturated heterocycles. The maximum absolute atomic E-state index is 11.2. The molecule has 13 heteroatoms. The van der Waals surface area contributed by atoms with E-state index in [1.165, 1.54) is 0 Å². The Hall–Kier alpha value is -1.83. The first-order valence-electron chi connectivity index (χ1n) is 12.2. The highest BCUT2D eigenvalue weighted by Crippen LogP contribution is 2.47. The van der Waals surface area contributed by atoms with Crippen molar-refractivity contribution >= 4 is 88.4 Å². The van der Waals surface area contributed by atoms with Crippen molar-refractivity contribution in [3.05, 3.63) is 85.7 Å². The first kappa shape index (κ1) is 31.1. The van der Waals surface area contributed by atoms with Crippen molar-refractivity contribution in [2.24, 2.45) is 0 Å². The van der Waals surface area contributed by atoms with Gasteiger partial charge in [-0.3, -0.25) is 9.11 Å². The highest BCUT2D eigenvalue weighted by Gasteiger charge is 2.25. The third kappa shape index (κ3) is 8.59. The smallest absolute Gasteiger partial charge is 0.264 e. The van der Waals surface area contributed by atoms with Gasteiger partial charge in [-0.25, -0.2) is 0 Å². The molecule has 214 valence electrons. The Kier molecular flexibility index (Phi) is 10.1. The van der Waals surface area contributed by atoms with Gasteiger partial charge in [0.05, 0.1) is 22.2 Å². The maximum Gasteiger partial charge on any atom is 0.264 e. The van der Waals surface area contributed by atoms with Gasteiger partial charge >= 0.3 is 0 Å². The van der Waals surface area contributed by atoms with Crippen molar-refractivity contribution in [2.75, 3.05) is 23.0 Å². The zero-order chi connectivity index (χ0) is 29.1. The summed E-state index contributed by atoms with van der Waals surface area (Å²) in [7, 11) is -8.10. The van der Waals surface area contributed by atoms with Crippen molar-refractivity contribution in [3.63, 3.8) is 0 Å². The first-order chi connectivity index (χ1) is 18.8. The van der Waals surface area contributed by atoms with E-state index in [1.54, 1.807) is 23.1 Å². The molecule has 0 saturated carbocycles. The molecule has 2 aromatic carbocycles. The van der Waals surface area contributed by atoms with Crippen LogP contribution in [0.4, 0.5) is 5.69 Å². The lowest BCUT2D eigenvalue weighted by atomic mass is 10.1. The summed E-state index contributed by atoms with van der Waals surface area (Å²) in [6, 6.07) is 11.2. The van der Waals surface area contributed by atoms with Crippen LogP contribution in [-0.2, 0) is 26.7 Å². The van der Waals surface area contributed by atoms with E-state index in [9.17, 15) is 16.8 Å². The van der Waals surface area contributed by atoms with Crippen molar-refractivity contribution in [1.29, 1.82) is 0 Å².